The molecule has 0 aliphatic carbocycles. The number of carbonyl (C=O) groups excluding carboxylic acids is 1. The molecule has 1 amide bonds. The van der Waals surface area contributed by atoms with Gasteiger partial charge in [0.05, 0.1) is 20.8 Å². The van der Waals surface area contributed by atoms with Gasteiger partial charge in [0.2, 0.25) is 15.9 Å². The summed E-state index contributed by atoms with van der Waals surface area (Å²) in [7, 11) is -1.07. The number of carbonyl (C=O) groups is 1. The van der Waals surface area contributed by atoms with Crippen LogP contribution in [0.25, 0.3) is 0 Å². The van der Waals surface area contributed by atoms with Crippen molar-refractivity contribution >= 4 is 15.9 Å². The van der Waals surface area contributed by atoms with E-state index in [1.54, 1.807) is 30.9 Å². The van der Waals surface area contributed by atoms with Gasteiger partial charge in [0.15, 0.2) is 0 Å². The minimum Gasteiger partial charge on any atom is -0.497 e. The van der Waals surface area contributed by atoms with Crippen molar-refractivity contribution in [3.8, 4) is 11.5 Å². The third-order valence-electron chi connectivity index (χ3n) is 4.29. The minimum absolute atomic E-state index is 0.0128. The Morgan fingerprint density at radius 2 is 1.88 bits per heavy atom. The summed E-state index contributed by atoms with van der Waals surface area (Å²) in [6, 6.07) is 4.20. The van der Waals surface area contributed by atoms with Crippen LogP contribution in [0.2, 0.25) is 0 Å². The zero-order valence-electron chi connectivity index (χ0n) is 15.7. The molecule has 1 aromatic rings. The SMILES string of the molecule is COc1ccc(OC)c(S(=O)(=O)N(CC(=O)N2CCNCC2)C(C)C)c1. The first-order valence-electron chi connectivity index (χ1n) is 8.53. The van der Waals surface area contributed by atoms with E-state index in [0.29, 0.717) is 31.9 Å². The molecule has 0 unspecified atom stereocenters. The van der Waals surface area contributed by atoms with Gasteiger partial charge in [-0.25, -0.2) is 8.42 Å². The summed E-state index contributed by atoms with van der Waals surface area (Å²) in [4.78, 5) is 14.3. The molecule has 0 spiro atoms. The first kappa shape index (κ1) is 20.5. The Morgan fingerprint density at radius 1 is 1.23 bits per heavy atom. The Labute approximate surface area is 155 Å². The molecule has 1 N–H and O–H groups in total. The highest BCUT2D eigenvalue weighted by atomic mass is 32.2. The second-order valence-electron chi connectivity index (χ2n) is 6.29. The van der Waals surface area contributed by atoms with Crippen molar-refractivity contribution in [3.05, 3.63) is 18.2 Å². The number of rotatable bonds is 7. The number of methoxy groups -OCH3 is 2. The number of benzene rings is 1. The summed E-state index contributed by atoms with van der Waals surface area (Å²) in [5.74, 6) is 0.415. The van der Waals surface area contributed by atoms with E-state index in [9.17, 15) is 13.2 Å². The standard InChI is InChI=1S/C17H27N3O5S/c1-13(2)20(12-17(21)19-9-7-18-8-10-19)26(22,23)16-11-14(24-3)5-6-15(16)25-4/h5-6,11,13,18H,7-10,12H2,1-4H3. The van der Waals surface area contributed by atoms with Crippen LogP contribution in [0, 0.1) is 0 Å². The summed E-state index contributed by atoms with van der Waals surface area (Å²) in [5, 5.41) is 3.17. The van der Waals surface area contributed by atoms with Gasteiger partial charge in [0, 0.05) is 38.3 Å². The van der Waals surface area contributed by atoms with E-state index in [2.05, 4.69) is 5.32 Å². The molecule has 1 saturated heterocycles. The number of nitrogens with zero attached hydrogens (tertiary/aromatic N) is 2. The average molecular weight is 385 g/mol. The maximum absolute atomic E-state index is 13.2. The number of piperazine rings is 1. The normalized spacial score (nSPS) is 15.4. The smallest absolute Gasteiger partial charge is 0.247 e. The van der Waals surface area contributed by atoms with Crippen LogP contribution >= 0.6 is 0 Å². The molecule has 2 rings (SSSR count). The fourth-order valence-corrected chi connectivity index (χ4v) is 4.56. The topological polar surface area (TPSA) is 88.2 Å². The Morgan fingerprint density at radius 3 is 2.42 bits per heavy atom. The van der Waals surface area contributed by atoms with Crippen molar-refractivity contribution in [3.63, 3.8) is 0 Å². The van der Waals surface area contributed by atoms with Crippen LogP contribution in [0.5, 0.6) is 11.5 Å². The largest absolute Gasteiger partial charge is 0.497 e. The summed E-state index contributed by atoms with van der Waals surface area (Å²) in [6.45, 7) is 5.86. The molecule has 0 atom stereocenters. The zero-order chi connectivity index (χ0) is 19.3. The van der Waals surface area contributed by atoms with Gasteiger partial charge >= 0.3 is 0 Å². The van der Waals surface area contributed by atoms with Crippen molar-refractivity contribution in [2.45, 2.75) is 24.8 Å². The van der Waals surface area contributed by atoms with Crippen molar-refractivity contribution in [1.82, 2.24) is 14.5 Å². The number of nitrogens with one attached hydrogen (secondary N) is 1. The van der Waals surface area contributed by atoms with Gasteiger partial charge in [-0.2, -0.15) is 4.31 Å². The first-order valence-corrected chi connectivity index (χ1v) is 9.97. The van der Waals surface area contributed by atoms with E-state index in [4.69, 9.17) is 9.47 Å². The highest BCUT2D eigenvalue weighted by molar-refractivity contribution is 7.89. The van der Waals surface area contributed by atoms with Crippen molar-refractivity contribution in [2.75, 3.05) is 46.9 Å². The summed E-state index contributed by atoms with van der Waals surface area (Å²) < 4.78 is 38.1. The van der Waals surface area contributed by atoms with E-state index in [0.717, 1.165) is 0 Å². The van der Waals surface area contributed by atoms with Crippen molar-refractivity contribution in [1.29, 1.82) is 0 Å². The fourth-order valence-electron chi connectivity index (χ4n) is 2.80. The molecule has 8 nitrogen and oxygen atoms in total. The Kier molecular flexibility index (Phi) is 6.85. The molecule has 146 valence electrons. The lowest BCUT2D eigenvalue weighted by Crippen LogP contribution is -2.51. The fraction of sp³-hybridized carbons (Fsp3) is 0.588. The maximum Gasteiger partial charge on any atom is 0.247 e. The number of sulfonamides is 1. The molecule has 1 heterocycles. The zero-order valence-corrected chi connectivity index (χ0v) is 16.5. The van der Waals surface area contributed by atoms with Gasteiger partial charge in [-0.1, -0.05) is 0 Å². The van der Waals surface area contributed by atoms with E-state index in [-0.39, 0.29) is 29.1 Å². The maximum atomic E-state index is 13.2. The molecule has 9 heteroatoms. The van der Waals surface area contributed by atoms with Crippen LogP contribution < -0.4 is 14.8 Å². The molecule has 26 heavy (non-hydrogen) atoms. The predicted molar refractivity (Wildman–Crippen MR) is 98.0 cm³/mol. The van der Waals surface area contributed by atoms with Gasteiger partial charge in [-0.05, 0) is 26.0 Å². The molecular weight excluding hydrogens is 358 g/mol. The molecule has 0 aromatic heterocycles. The summed E-state index contributed by atoms with van der Waals surface area (Å²) >= 11 is 0. The number of hydrogen-bond acceptors (Lipinski definition) is 6. The lowest BCUT2D eigenvalue weighted by Gasteiger charge is -2.31. The Hall–Kier alpha value is -1.84. The van der Waals surface area contributed by atoms with E-state index < -0.39 is 10.0 Å². The first-order chi connectivity index (χ1) is 12.3. The monoisotopic (exact) mass is 385 g/mol. The number of hydrogen-bond donors (Lipinski definition) is 1. The third-order valence-corrected chi connectivity index (χ3v) is 6.34. The minimum atomic E-state index is -3.94. The third kappa shape index (κ3) is 4.46. The van der Waals surface area contributed by atoms with Gasteiger partial charge in [-0.15, -0.1) is 0 Å². The number of amides is 1. The van der Waals surface area contributed by atoms with Gasteiger partial charge < -0.3 is 19.7 Å². The van der Waals surface area contributed by atoms with E-state index in [1.807, 2.05) is 0 Å². The van der Waals surface area contributed by atoms with Crippen LogP contribution in [-0.2, 0) is 14.8 Å². The second kappa shape index (κ2) is 8.70. The van der Waals surface area contributed by atoms with Crippen LogP contribution in [0.4, 0.5) is 0 Å². The second-order valence-corrected chi connectivity index (χ2v) is 8.15. The van der Waals surface area contributed by atoms with Crippen LogP contribution in [0.15, 0.2) is 23.1 Å². The number of ether oxygens (including phenoxy) is 2. The van der Waals surface area contributed by atoms with Crippen molar-refractivity contribution < 1.29 is 22.7 Å². The molecule has 1 aliphatic rings. The Bertz CT molecular complexity index is 730. The molecule has 0 radical (unpaired) electrons. The van der Waals surface area contributed by atoms with Gasteiger partial charge in [0.25, 0.3) is 0 Å². The van der Waals surface area contributed by atoms with Gasteiger partial charge in [-0.3, -0.25) is 4.79 Å². The molecule has 1 aliphatic heterocycles. The molecule has 1 fully saturated rings. The predicted octanol–water partition coefficient (Wildman–Crippen LogP) is 0.535. The lowest BCUT2D eigenvalue weighted by atomic mass is 10.3. The van der Waals surface area contributed by atoms with Crippen LogP contribution in [0.3, 0.4) is 0 Å². The highest BCUT2D eigenvalue weighted by Crippen LogP contribution is 2.31. The van der Waals surface area contributed by atoms with Gasteiger partial charge in [0.1, 0.15) is 16.4 Å². The van der Waals surface area contributed by atoms with Crippen molar-refractivity contribution in [2.24, 2.45) is 0 Å². The summed E-state index contributed by atoms with van der Waals surface area (Å²) in [5.41, 5.74) is 0. The molecule has 0 saturated carbocycles. The van der Waals surface area contributed by atoms with E-state index >= 15 is 0 Å². The molecule has 1 aromatic carbocycles. The van der Waals surface area contributed by atoms with E-state index in [1.165, 1.54) is 24.6 Å². The average Bonchev–Trinajstić information content (AvgIpc) is 2.65. The summed E-state index contributed by atoms with van der Waals surface area (Å²) in [6.07, 6.45) is 0. The highest BCUT2D eigenvalue weighted by Gasteiger charge is 2.33. The lowest BCUT2D eigenvalue weighted by molar-refractivity contribution is -0.132. The molecular formula is C17H27N3O5S. The van der Waals surface area contributed by atoms with Crippen LogP contribution in [-0.4, -0.2) is 76.5 Å². The molecule has 0 bridgehead atoms. The quantitative estimate of drug-likeness (QED) is 0.737. The Balaban J connectivity index is 2.34. The van der Waals surface area contributed by atoms with Crippen LogP contribution in [0.1, 0.15) is 13.8 Å².